The van der Waals surface area contributed by atoms with Gasteiger partial charge in [-0.05, 0) is 19.4 Å². The third-order valence-corrected chi connectivity index (χ3v) is 3.37. The van der Waals surface area contributed by atoms with Gasteiger partial charge < -0.3 is 42.2 Å². The van der Waals surface area contributed by atoms with Crippen LogP contribution in [0.15, 0.2) is 12.5 Å². The van der Waals surface area contributed by atoms with E-state index in [-0.39, 0.29) is 12.5 Å². The van der Waals surface area contributed by atoms with Crippen LogP contribution in [0.25, 0.3) is 0 Å². The van der Waals surface area contributed by atoms with Crippen LogP contribution in [0, 0.1) is 0 Å². The summed E-state index contributed by atoms with van der Waals surface area (Å²) >= 11 is 0. The number of hydrogen-bond acceptors (Lipinski definition) is 8. The van der Waals surface area contributed by atoms with Crippen molar-refractivity contribution >= 4 is 23.9 Å². The third kappa shape index (κ3) is 11.6. The van der Waals surface area contributed by atoms with Crippen molar-refractivity contribution in [2.24, 2.45) is 11.5 Å². The molecule has 10 N–H and O–H groups in total. The maximum atomic E-state index is 10.3. The Balaban J connectivity index is 0.000000396. The minimum atomic E-state index is -1.29. The van der Waals surface area contributed by atoms with Crippen molar-refractivity contribution in [3.63, 3.8) is 0 Å². The molecular weight excluding hydrogens is 378 g/mol. The Morgan fingerprint density at radius 2 is 1.71 bits per heavy atom. The molecule has 1 fully saturated rings. The lowest BCUT2D eigenvalue weighted by molar-refractivity contribution is -0.144. The first-order valence-corrected chi connectivity index (χ1v) is 8.17. The molecule has 0 aromatic carbocycles. The van der Waals surface area contributed by atoms with Crippen molar-refractivity contribution in [3.8, 4) is 0 Å². The van der Waals surface area contributed by atoms with E-state index in [1.54, 1.807) is 6.20 Å². The minimum Gasteiger partial charge on any atom is -0.481 e. The van der Waals surface area contributed by atoms with Gasteiger partial charge >= 0.3 is 23.9 Å². The van der Waals surface area contributed by atoms with Crippen molar-refractivity contribution in [1.82, 2.24) is 15.3 Å². The molecule has 2 rings (SSSR count). The lowest BCUT2D eigenvalue weighted by Crippen LogP contribution is -2.32. The van der Waals surface area contributed by atoms with E-state index < -0.39 is 42.4 Å². The van der Waals surface area contributed by atoms with Crippen LogP contribution in [-0.4, -0.2) is 78.9 Å². The molecule has 3 atom stereocenters. The van der Waals surface area contributed by atoms with Crippen molar-refractivity contribution in [3.05, 3.63) is 18.2 Å². The van der Waals surface area contributed by atoms with E-state index in [0.717, 1.165) is 19.4 Å². The highest BCUT2D eigenvalue weighted by molar-refractivity contribution is 5.80. The normalized spacial score (nSPS) is 17.1. The molecule has 0 saturated carbocycles. The van der Waals surface area contributed by atoms with Crippen LogP contribution in [0.3, 0.4) is 0 Å². The molecule has 0 bridgehead atoms. The van der Waals surface area contributed by atoms with Crippen LogP contribution in [0.4, 0.5) is 0 Å². The number of carboxylic acid groups (broad SMARTS) is 4. The average molecular weight is 403 g/mol. The van der Waals surface area contributed by atoms with Gasteiger partial charge in [0.25, 0.3) is 0 Å². The van der Waals surface area contributed by atoms with Crippen molar-refractivity contribution < 1.29 is 39.6 Å². The molecule has 1 aliphatic rings. The van der Waals surface area contributed by atoms with E-state index >= 15 is 0 Å². The Hall–Kier alpha value is -3.03. The molecule has 28 heavy (non-hydrogen) atoms. The van der Waals surface area contributed by atoms with Gasteiger partial charge in [0.15, 0.2) is 0 Å². The maximum Gasteiger partial charge on any atom is 0.321 e. The van der Waals surface area contributed by atoms with Crippen LogP contribution < -0.4 is 16.8 Å². The molecule has 1 aliphatic heterocycles. The highest BCUT2D eigenvalue weighted by Gasteiger charge is 2.20. The van der Waals surface area contributed by atoms with Gasteiger partial charge in [-0.25, -0.2) is 4.98 Å². The SMILES string of the molecule is N[C@@H](CC(=O)O)C(=O)O.N[C@@H](Cc1c[nH]cn1)C(=O)O.O=C(O)[C@@H]1CCCN1. The molecule has 1 saturated heterocycles. The molecule has 13 nitrogen and oxygen atoms in total. The summed E-state index contributed by atoms with van der Waals surface area (Å²) in [7, 11) is 0. The van der Waals surface area contributed by atoms with Gasteiger partial charge in [0.1, 0.15) is 18.1 Å². The van der Waals surface area contributed by atoms with E-state index in [4.69, 9.17) is 31.9 Å². The molecule has 1 aromatic heterocycles. The number of imidazole rings is 1. The van der Waals surface area contributed by atoms with Gasteiger partial charge in [0.2, 0.25) is 0 Å². The Bertz CT molecular complexity index is 630. The van der Waals surface area contributed by atoms with Crippen LogP contribution in [0.2, 0.25) is 0 Å². The first kappa shape index (κ1) is 25.0. The van der Waals surface area contributed by atoms with Crippen LogP contribution >= 0.6 is 0 Å². The molecule has 0 unspecified atom stereocenters. The number of nitrogens with zero attached hydrogens (tertiary/aromatic N) is 1. The first-order valence-electron chi connectivity index (χ1n) is 8.17. The number of aromatic amines is 1. The first-order chi connectivity index (χ1) is 13.0. The van der Waals surface area contributed by atoms with Gasteiger partial charge in [0, 0.05) is 12.6 Å². The number of H-pyrrole nitrogens is 1. The summed E-state index contributed by atoms with van der Waals surface area (Å²) in [6.45, 7) is 0.858. The summed E-state index contributed by atoms with van der Waals surface area (Å²) in [6.07, 6.45) is 4.63. The van der Waals surface area contributed by atoms with E-state index in [9.17, 15) is 19.2 Å². The van der Waals surface area contributed by atoms with Gasteiger partial charge in [-0.2, -0.15) is 0 Å². The minimum absolute atomic E-state index is 0.263. The fourth-order valence-corrected chi connectivity index (χ4v) is 1.89. The van der Waals surface area contributed by atoms with Gasteiger partial charge in [0.05, 0.1) is 18.4 Å². The Labute approximate surface area is 159 Å². The number of nitrogens with one attached hydrogen (secondary N) is 2. The Kier molecular flexibility index (Phi) is 11.8. The van der Waals surface area contributed by atoms with E-state index in [0.29, 0.717) is 5.69 Å². The second kappa shape index (κ2) is 13.2. The lowest BCUT2D eigenvalue weighted by Gasteiger charge is -2.01. The van der Waals surface area contributed by atoms with E-state index in [1.165, 1.54) is 6.33 Å². The fourth-order valence-electron chi connectivity index (χ4n) is 1.89. The Morgan fingerprint density at radius 1 is 1.11 bits per heavy atom. The third-order valence-electron chi connectivity index (χ3n) is 3.37. The van der Waals surface area contributed by atoms with Gasteiger partial charge in [-0.1, -0.05) is 0 Å². The molecule has 0 aliphatic carbocycles. The number of carbonyl (C=O) groups is 4. The smallest absolute Gasteiger partial charge is 0.321 e. The quantitative estimate of drug-likeness (QED) is 0.248. The summed E-state index contributed by atoms with van der Waals surface area (Å²) < 4.78 is 0. The van der Waals surface area contributed by atoms with Crippen molar-refractivity contribution in [2.45, 2.75) is 43.8 Å². The molecule has 0 radical (unpaired) electrons. The number of carboxylic acids is 4. The zero-order valence-corrected chi connectivity index (χ0v) is 14.9. The number of rotatable bonds is 7. The molecular formula is C15H25N5O8. The topological polar surface area (TPSA) is 242 Å². The average Bonchev–Trinajstić information content (AvgIpc) is 3.29. The monoisotopic (exact) mass is 403 g/mol. The number of aromatic nitrogens is 2. The predicted molar refractivity (Wildman–Crippen MR) is 94.4 cm³/mol. The predicted octanol–water partition coefficient (Wildman–Crippen LogP) is -1.94. The van der Waals surface area contributed by atoms with Crippen molar-refractivity contribution in [2.75, 3.05) is 6.54 Å². The second-order valence-corrected chi connectivity index (χ2v) is 5.74. The lowest BCUT2D eigenvalue weighted by atomic mass is 10.2. The zero-order chi connectivity index (χ0) is 21.7. The maximum absolute atomic E-state index is 10.3. The van der Waals surface area contributed by atoms with Crippen molar-refractivity contribution in [1.29, 1.82) is 0 Å². The van der Waals surface area contributed by atoms with Gasteiger partial charge in [-0.3, -0.25) is 19.2 Å². The molecule has 158 valence electrons. The van der Waals surface area contributed by atoms with Gasteiger partial charge in [-0.15, -0.1) is 0 Å². The molecule has 13 heteroatoms. The Morgan fingerprint density at radius 3 is 2.00 bits per heavy atom. The number of aliphatic carboxylic acids is 4. The second-order valence-electron chi connectivity index (χ2n) is 5.74. The van der Waals surface area contributed by atoms with Crippen LogP contribution in [0.5, 0.6) is 0 Å². The van der Waals surface area contributed by atoms with E-state index in [2.05, 4.69) is 15.3 Å². The summed E-state index contributed by atoms with van der Waals surface area (Å²) in [6, 6.07) is -2.42. The highest BCUT2D eigenvalue weighted by Crippen LogP contribution is 2.03. The zero-order valence-electron chi connectivity index (χ0n) is 14.9. The molecule has 0 spiro atoms. The number of hydrogen-bond donors (Lipinski definition) is 8. The van der Waals surface area contributed by atoms with Crippen LogP contribution in [0.1, 0.15) is 25.0 Å². The highest BCUT2D eigenvalue weighted by atomic mass is 16.4. The van der Waals surface area contributed by atoms with Crippen LogP contribution in [-0.2, 0) is 25.6 Å². The molecule has 1 aromatic rings. The summed E-state index contributed by atoms with van der Waals surface area (Å²) in [5, 5.41) is 35.7. The van der Waals surface area contributed by atoms with E-state index in [1.807, 2.05) is 0 Å². The summed E-state index contributed by atoms with van der Waals surface area (Å²) in [5.74, 6) is -4.22. The largest absolute Gasteiger partial charge is 0.481 e. The summed E-state index contributed by atoms with van der Waals surface area (Å²) in [4.78, 5) is 46.6. The molecule has 2 heterocycles. The standard InChI is InChI=1S/C6H9N3O2.C5H9NO2.C4H7NO4/c7-5(6(10)11)1-4-2-8-3-9-4;7-5(8)4-2-1-3-6-4;5-2(4(8)9)1-3(6)7/h2-3,5H,1,7H2,(H,8,9)(H,10,11);4,6H,1-3H2,(H,7,8);2H,1,5H2,(H,6,7)(H,8,9)/t5-;4-;2-/m000/s1. The molecule has 0 amide bonds. The fraction of sp³-hybridized carbons (Fsp3) is 0.533. The summed E-state index contributed by atoms with van der Waals surface area (Å²) in [5.41, 5.74) is 10.8. The number of nitrogens with two attached hydrogens (primary N) is 2.